The summed E-state index contributed by atoms with van der Waals surface area (Å²) in [5.74, 6) is 0. The minimum absolute atomic E-state index is 0.277. The van der Waals surface area contributed by atoms with Crippen LogP contribution in [0.1, 0.15) is 32.3 Å². The summed E-state index contributed by atoms with van der Waals surface area (Å²) >= 11 is 5.92. The van der Waals surface area contributed by atoms with Crippen molar-refractivity contribution in [2.24, 2.45) is 0 Å². The standard InChI is InChI=1S/C13H18ClN/c1-3-12-13(2,8-9-15-12)10-4-6-11(14)7-5-10/h4-7,12,15H,3,8-9H2,1-2H3. The Labute approximate surface area is 96.8 Å². The van der Waals surface area contributed by atoms with Crippen LogP contribution in [0.2, 0.25) is 5.02 Å². The molecule has 0 bridgehead atoms. The molecule has 0 amide bonds. The van der Waals surface area contributed by atoms with Gasteiger partial charge in [-0.3, -0.25) is 0 Å². The van der Waals surface area contributed by atoms with Crippen molar-refractivity contribution < 1.29 is 0 Å². The summed E-state index contributed by atoms with van der Waals surface area (Å²) in [6, 6.07) is 8.91. The number of halogens is 1. The van der Waals surface area contributed by atoms with Crippen molar-refractivity contribution in [1.82, 2.24) is 5.32 Å². The molecule has 2 rings (SSSR count). The normalized spacial score (nSPS) is 30.7. The molecule has 1 aromatic rings. The number of benzene rings is 1. The van der Waals surface area contributed by atoms with Crippen molar-refractivity contribution in [3.63, 3.8) is 0 Å². The summed E-state index contributed by atoms with van der Waals surface area (Å²) in [4.78, 5) is 0. The molecule has 1 aliphatic rings. The molecule has 1 aliphatic heterocycles. The molecule has 1 fully saturated rings. The van der Waals surface area contributed by atoms with Crippen LogP contribution in [-0.2, 0) is 5.41 Å². The van der Waals surface area contributed by atoms with Gasteiger partial charge in [-0.15, -0.1) is 0 Å². The highest BCUT2D eigenvalue weighted by Crippen LogP contribution is 2.36. The van der Waals surface area contributed by atoms with Crippen molar-refractivity contribution in [2.75, 3.05) is 6.54 Å². The Balaban J connectivity index is 2.32. The molecule has 1 aromatic carbocycles. The third-order valence-electron chi connectivity index (χ3n) is 3.72. The topological polar surface area (TPSA) is 12.0 Å². The van der Waals surface area contributed by atoms with Crippen LogP contribution in [-0.4, -0.2) is 12.6 Å². The van der Waals surface area contributed by atoms with Gasteiger partial charge in [-0.2, -0.15) is 0 Å². The lowest BCUT2D eigenvalue weighted by Crippen LogP contribution is -2.37. The van der Waals surface area contributed by atoms with Gasteiger partial charge in [0.1, 0.15) is 0 Å². The minimum Gasteiger partial charge on any atom is -0.313 e. The Bertz CT molecular complexity index is 333. The molecule has 15 heavy (non-hydrogen) atoms. The largest absolute Gasteiger partial charge is 0.313 e. The van der Waals surface area contributed by atoms with Gasteiger partial charge in [-0.1, -0.05) is 37.6 Å². The first-order valence-electron chi connectivity index (χ1n) is 5.66. The SMILES string of the molecule is CCC1NCCC1(C)c1ccc(Cl)cc1. The van der Waals surface area contributed by atoms with Crippen molar-refractivity contribution in [3.05, 3.63) is 34.9 Å². The smallest absolute Gasteiger partial charge is 0.0406 e. The Kier molecular flexibility index (Phi) is 3.03. The van der Waals surface area contributed by atoms with Crippen LogP contribution in [0.5, 0.6) is 0 Å². The Hall–Kier alpha value is -0.530. The Morgan fingerprint density at radius 2 is 2.07 bits per heavy atom. The van der Waals surface area contributed by atoms with E-state index in [4.69, 9.17) is 11.6 Å². The summed E-state index contributed by atoms with van der Waals surface area (Å²) in [7, 11) is 0. The lowest BCUT2D eigenvalue weighted by molar-refractivity contribution is 0.393. The van der Waals surface area contributed by atoms with E-state index in [1.807, 2.05) is 12.1 Å². The van der Waals surface area contributed by atoms with Crippen molar-refractivity contribution in [1.29, 1.82) is 0 Å². The molecule has 0 saturated carbocycles. The third-order valence-corrected chi connectivity index (χ3v) is 3.97. The van der Waals surface area contributed by atoms with Gasteiger partial charge in [-0.05, 0) is 37.1 Å². The van der Waals surface area contributed by atoms with E-state index in [2.05, 4.69) is 31.3 Å². The molecule has 2 heteroatoms. The van der Waals surface area contributed by atoms with E-state index in [0.29, 0.717) is 6.04 Å². The zero-order valence-electron chi connectivity index (χ0n) is 9.39. The predicted molar refractivity (Wildman–Crippen MR) is 65.5 cm³/mol. The molecule has 2 unspecified atom stereocenters. The molecule has 1 nitrogen and oxygen atoms in total. The monoisotopic (exact) mass is 223 g/mol. The summed E-state index contributed by atoms with van der Waals surface area (Å²) in [6.45, 7) is 5.72. The van der Waals surface area contributed by atoms with Gasteiger partial charge in [0, 0.05) is 16.5 Å². The number of nitrogens with one attached hydrogen (secondary N) is 1. The molecular formula is C13H18ClN. The fourth-order valence-corrected chi connectivity index (χ4v) is 2.80. The third kappa shape index (κ3) is 1.91. The number of rotatable bonds is 2. The van der Waals surface area contributed by atoms with Gasteiger partial charge in [0.2, 0.25) is 0 Å². The van der Waals surface area contributed by atoms with Crippen molar-refractivity contribution in [2.45, 2.75) is 38.1 Å². The number of hydrogen-bond donors (Lipinski definition) is 1. The molecule has 1 N–H and O–H groups in total. The van der Waals surface area contributed by atoms with E-state index in [0.717, 1.165) is 11.6 Å². The summed E-state index contributed by atoms with van der Waals surface area (Å²) in [5.41, 5.74) is 1.68. The zero-order chi connectivity index (χ0) is 10.9. The first-order chi connectivity index (χ1) is 7.16. The van der Waals surface area contributed by atoms with E-state index >= 15 is 0 Å². The molecule has 82 valence electrons. The molecule has 0 radical (unpaired) electrons. The van der Waals surface area contributed by atoms with Gasteiger partial charge in [0.15, 0.2) is 0 Å². The van der Waals surface area contributed by atoms with E-state index in [-0.39, 0.29) is 5.41 Å². The molecular weight excluding hydrogens is 206 g/mol. The second-order valence-corrected chi connectivity index (χ2v) is 5.03. The summed E-state index contributed by atoms with van der Waals surface area (Å²) < 4.78 is 0. The maximum atomic E-state index is 5.92. The highest BCUT2D eigenvalue weighted by Gasteiger charge is 2.38. The van der Waals surface area contributed by atoms with Crippen molar-refractivity contribution in [3.8, 4) is 0 Å². The lowest BCUT2D eigenvalue weighted by Gasteiger charge is -2.31. The quantitative estimate of drug-likeness (QED) is 0.811. The van der Waals surface area contributed by atoms with E-state index in [1.165, 1.54) is 18.4 Å². The molecule has 0 aliphatic carbocycles. The van der Waals surface area contributed by atoms with Gasteiger partial charge < -0.3 is 5.32 Å². The van der Waals surface area contributed by atoms with E-state index in [1.54, 1.807) is 0 Å². The molecule has 0 spiro atoms. The highest BCUT2D eigenvalue weighted by molar-refractivity contribution is 6.30. The zero-order valence-corrected chi connectivity index (χ0v) is 10.1. The van der Waals surface area contributed by atoms with Crippen molar-refractivity contribution >= 4 is 11.6 Å². The summed E-state index contributed by atoms with van der Waals surface area (Å²) in [5, 5.41) is 4.40. The number of hydrogen-bond acceptors (Lipinski definition) is 1. The van der Waals surface area contributed by atoms with Crippen LogP contribution in [0.25, 0.3) is 0 Å². The van der Waals surface area contributed by atoms with E-state index < -0.39 is 0 Å². The van der Waals surface area contributed by atoms with Crippen LogP contribution >= 0.6 is 11.6 Å². The Morgan fingerprint density at radius 1 is 1.40 bits per heavy atom. The summed E-state index contributed by atoms with van der Waals surface area (Å²) in [6.07, 6.45) is 2.40. The van der Waals surface area contributed by atoms with Crippen LogP contribution in [0, 0.1) is 0 Å². The maximum Gasteiger partial charge on any atom is 0.0406 e. The second-order valence-electron chi connectivity index (χ2n) is 4.59. The maximum absolute atomic E-state index is 5.92. The first-order valence-corrected chi connectivity index (χ1v) is 6.04. The lowest BCUT2D eigenvalue weighted by atomic mass is 9.75. The van der Waals surface area contributed by atoms with Crippen LogP contribution in [0.4, 0.5) is 0 Å². The molecule has 0 aromatic heterocycles. The predicted octanol–water partition coefficient (Wildman–Crippen LogP) is 3.37. The fourth-order valence-electron chi connectivity index (χ4n) is 2.68. The average Bonchev–Trinajstić information content (AvgIpc) is 2.61. The van der Waals surface area contributed by atoms with Crippen LogP contribution < -0.4 is 5.32 Å². The first kappa shape index (κ1) is 11.0. The van der Waals surface area contributed by atoms with Crippen LogP contribution in [0.15, 0.2) is 24.3 Å². The second kappa shape index (κ2) is 4.15. The molecule has 2 atom stereocenters. The van der Waals surface area contributed by atoms with Crippen LogP contribution in [0.3, 0.4) is 0 Å². The van der Waals surface area contributed by atoms with Gasteiger partial charge >= 0.3 is 0 Å². The Morgan fingerprint density at radius 3 is 2.67 bits per heavy atom. The van der Waals surface area contributed by atoms with Gasteiger partial charge in [0.05, 0.1) is 0 Å². The molecule has 1 saturated heterocycles. The minimum atomic E-state index is 0.277. The highest BCUT2D eigenvalue weighted by atomic mass is 35.5. The fraction of sp³-hybridized carbons (Fsp3) is 0.538. The van der Waals surface area contributed by atoms with Gasteiger partial charge in [-0.25, -0.2) is 0 Å². The van der Waals surface area contributed by atoms with Gasteiger partial charge in [0.25, 0.3) is 0 Å². The average molecular weight is 224 g/mol. The molecule has 1 heterocycles. The van der Waals surface area contributed by atoms with E-state index in [9.17, 15) is 0 Å².